The maximum absolute atomic E-state index is 6.70. The highest BCUT2D eigenvalue weighted by atomic mass is 79.9. The lowest BCUT2D eigenvalue weighted by molar-refractivity contribution is 0.774. The van der Waals surface area contributed by atoms with Crippen molar-refractivity contribution in [3.8, 4) is 33.4 Å². The molecular formula is C31H17Br2Cl. The highest BCUT2D eigenvalue weighted by Crippen LogP contribution is 2.62. The van der Waals surface area contributed by atoms with Crippen LogP contribution in [0.2, 0.25) is 5.02 Å². The highest BCUT2D eigenvalue weighted by Gasteiger charge is 2.49. The molecule has 0 amide bonds. The number of rotatable bonds is 0. The average Bonchev–Trinajstić information content (AvgIpc) is 3.08. The molecule has 0 fully saturated rings. The van der Waals surface area contributed by atoms with E-state index in [9.17, 15) is 0 Å². The smallest absolute Gasteiger partial charge is 0.0726 e. The topological polar surface area (TPSA) is 0 Å². The van der Waals surface area contributed by atoms with Crippen LogP contribution in [0.1, 0.15) is 22.3 Å². The van der Waals surface area contributed by atoms with E-state index in [1.807, 2.05) is 6.07 Å². The quantitative estimate of drug-likeness (QED) is 0.166. The van der Waals surface area contributed by atoms with Crippen LogP contribution in [-0.4, -0.2) is 0 Å². The summed E-state index contributed by atoms with van der Waals surface area (Å²) in [6.45, 7) is 0. The van der Waals surface area contributed by atoms with E-state index in [-0.39, 0.29) is 0 Å². The first-order chi connectivity index (χ1) is 16.6. The summed E-state index contributed by atoms with van der Waals surface area (Å²) in [4.78, 5) is 0. The van der Waals surface area contributed by atoms with Crippen LogP contribution >= 0.6 is 43.5 Å². The molecule has 2 aliphatic rings. The van der Waals surface area contributed by atoms with Gasteiger partial charge < -0.3 is 0 Å². The first-order valence-corrected chi connectivity index (χ1v) is 13.1. The molecular weight excluding hydrogens is 568 g/mol. The van der Waals surface area contributed by atoms with Gasteiger partial charge in [-0.25, -0.2) is 0 Å². The minimum Gasteiger partial charge on any atom is -0.0843 e. The summed E-state index contributed by atoms with van der Waals surface area (Å²) >= 11 is 14.3. The summed E-state index contributed by atoms with van der Waals surface area (Å²) in [5, 5.41) is 0.751. The molecule has 0 unspecified atom stereocenters. The maximum atomic E-state index is 6.70. The van der Waals surface area contributed by atoms with Crippen molar-refractivity contribution in [2.45, 2.75) is 5.41 Å². The molecule has 0 atom stereocenters. The molecule has 0 saturated heterocycles. The molecule has 0 nitrogen and oxygen atoms in total. The second kappa shape index (κ2) is 7.42. The first-order valence-electron chi connectivity index (χ1n) is 11.2. The minimum atomic E-state index is -0.506. The maximum Gasteiger partial charge on any atom is 0.0726 e. The van der Waals surface area contributed by atoms with Crippen molar-refractivity contribution in [3.63, 3.8) is 0 Å². The molecule has 0 bridgehead atoms. The van der Waals surface area contributed by atoms with Gasteiger partial charge in [-0.2, -0.15) is 0 Å². The number of hydrogen-bond donors (Lipinski definition) is 0. The van der Waals surface area contributed by atoms with Crippen LogP contribution in [0.3, 0.4) is 0 Å². The van der Waals surface area contributed by atoms with Crippen molar-refractivity contribution in [2.75, 3.05) is 0 Å². The fourth-order valence-corrected chi connectivity index (χ4v) is 6.95. The van der Waals surface area contributed by atoms with Crippen molar-refractivity contribution >= 4 is 43.5 Å². The van der Waals surface area contributed by atoms with Crippen molar-refractivity contribution in [2.24, 2.45) is 0 Å². The van der Waals surface area contributed by atoms with Gasteiger partial charge in [-0.3, -0.25) is 0 Å². The molecule has 5 aromatic carbocycles. The summed E-state index contributed by atoms with van der Waals surface area (Å²) in [5.41, 5.74) is 12.0. The van der Waals surface area contributed by atoms with Gasteiger partial charge in [0.25, 0.3) is 0 Å². The summed E-state index contributed by atoms with van der Waals surface area (Å²) in [5.74, 6) is 0. The average molecular weight is 585 g/mol. The van der Waals surface area contributed by atoms with Crippen LogP contribution in [0.25, 0.3) is 33.4 Å². The Morgan fingerprint density at radius 1 is 0.441 bits per heavy atom. The third-order valence-electron chi connectivity index (χ3n) is 7.29. The highest BCUT2D eigenvalue weighted by molar-refractivity contribution is 9.10. The fraction of sp³-hybridized carbons (Fsp3) is 0.0323. The molecule has 2 aliphatic carbocycles. The molecule has 34 heavy (non-hydrogen) atoms. The van der Waals surface area contributed by atoms with Gasteiger partial charge in [-0.15, -0.1) is 0 Å². The zero-order chi connectivity index (χ0) is 23.0. The van der Waals surface area contributed by atoms with Gasteiger partial charge in [-0.05, 0) is 92.0 Å². The lowest BCUT2D eigenvalue weighted by atomic mass is 9.66. The van der Waals surface area contributed by atoms with E-state index in [2.05, 4.69) is 129 Å². The molecule has 0 aliphatic heterocycles. The second-order valence-corrected chi connectivity index (χ2v) is 11.2. The Morgan fingerprint density at radius 2 is 0.882 bits per heavy atom. The molecule has 7 rings (SSSR count). The van der Waals surface area contributed by atoms with Crippen LogP contribution < -0.4 is 0 Å². The molecule has 0 heterocycles. The Hall–Kier alpha value is -2.65. The van der Waals surface area contributed by atoms with Crippen LogP contribution in [0.4, 0.5) is 0 Å². The SMILES string of the molecule is Clc1ccc2c(c1)C1(c3cc(Br)ccc3-c3ccccc3-c3ccc(Br)cc31)c1ccccc1-2. The van der Waals surface area contributed by atoms with Gasteiger partial charge >= 0.3 is 0 Å². The van der Waals surface area contributed by atoms with Gasteiger partial charge in [0.2, 0.25) is 0 Å². The first kappa shape index (κ1) is 20.7. The lowest BCUT2D eigenvalue weighted by Crippen LogP contribution is -2.29. The largest absolute Gasteiger partial charge is 0.0843 e. The van der Waals surface area contributed by atoms with Crippen LogP contribution in [0.15, 0.2) is 112 Å². The predicted molar refractivity (Wildman–Crippen MR) is 149 cm³/mol. The zero-order valence-corrected chi connectivity index (χ0v) is 21.9. The molecule has 1 spiro atoms. The Balaban J connectivity index is 1.80. The van der Waals surface area contributed by atoms with Gasteiger partial charge in [0, 0.05) is 14.0 Å². The van der Waals surface area contributed by atoms with Crippen LogP contribution in [-0.2, 0) is 5.41 Å². The van der Waals surface area contributed by atoms with Gasteiger partial charge in [0.15, 0.2) is 0 Å². The standard InChI is InChI=1S/C31H17Br2Cl/c32-18-9-12-24-21-5-1-2-6-22(21)25-13-10-19(33)16-29(25)31(28(24)15-18)27-8-4-3-7-23(27)26-14-11-20(34)17-30(26)31/h1-17H. The Labute approximate surface area is 220 Å². The van der Waals surface area contributed by atoms with Crippen molar-refractivity contribution in [1.29, 1.82) is 0 Å². The normalized spacial score (nSPS) is 14.0. The molecule has 0 radical (unpaired) electrons. The number of benzene rings is 5. The number of halogens is 3. The van der Waals surface area contributed by atoms with Crippen molar-refractivity contribution < 1.29 is 0 Å². The van der Waals surface area contributed by atoms with E-state index >= 15 is 0 Å². The van der Waals surface area contributed by atoms with Gasteiger partial charge in [-0.1, -0.05) is 110 Å². The van der Waals surface area contributed by atoms with Crippen LogP contribution in [0.5, 0.6) is 0 Å². The fourth-order valence-electron chi connectivity index (χ4n) is 6.05. The monoisotopic (exact) mass is 582 g/mol. The minimum absolute atomic E-state index is 0.506. The van der Waals surface area contributed by atoms with Crippen molar-refractivity contribution in [3.05, 3.63) is 139 Å². The second-order valence-electron chi connectivity index (χ2n) is 8.91. The molecule has 162 valence electrons. The van der Waals surface area contributed by atoms with E-state index in [0.717, 1.165) is 14.0 Å². The summed E-state index contributed by atoms with van der Waals surface area (Å²) in [7, 11) is 0. The Kier molecular flexibility index (Phi) is 4.52. The lowest BCUT2D eigenvalue weighted by Gasteiger charge is -2.35. The number of hydrogen-bond acceptors (Lipinski definition) is 0. The number of fused-ring (bicyclic) bond motifs is 12. The molecule has 3 heteroatoms. The van der Waals surface area contributed by atoms with Crippen LogP contribution in [0, 0.1) is 0 Å². The van der Waals surface area contributed by atoms with Gasteiger partial charge in [0.1, 0.15) is 0 Å². The molecule has 0 aromatic heterocycles. The molecule has 0 N–H and O–H groups in total. The van der Waals surface area contributed by atoms with E-state index in [1.54, 1.807) is 0 Å². The van der Waals surface area contributed by atoms with E-state index in [0.29, 0.717) is 0 Å². The summed E-state index contributed by atoms with van der Waals surface area (Å²) in [6.07, 6.45) is 0. The zero-order valence-electron chi connectivity index (χ0n) is 17.9. The molecule has 5 aromatic rings. The Bertz CT molecular complexity index is 1580. The van der Waals surface area contributed by atoms with E-state index in [1.165, 1.54) is 55.6 Å². The van der Waals surface area contributed by atoms with E-state index < -0.39 is 5.41 Å². The summed E-state index contributed by atoms with van der Waals surface area (Å²) < 4.78 is 2.13. The molecule has 0 saturated carbocycles. The van der Waals surface area contributed by atoms with E-state index in [4.69, 9.17) is 11.6 Å². The Morgan fingerprint density at radius 3 is 1.50 bits per heavy atom. The van der Waals surface area contributed by atoms with Crippen molar-refractivity contribution in [1.82, 2.24) is 0 Å². The third-order valence-corrected chi connectivity index (χ3v) is 8.51. The third kappa shape index (κ3) is 2.65. The summed E-state index contributed by atoms with van der Waals surface area (Å²) in [6, 6.07) is 37.3. The predicted octanol–water partition coefficient (Wildman–Crippen LogP) is 9.88. The van der Waals surface area contributed by atoms with Gasteiger partial charge in [0.05, 0.1) is 5.41 Å².